The molecule has 0 aliphatic carbocycles. The van der Waals surface area contributed by atoms with E-state index in [0.717, 1.165) is 62.8 Å². The van der Waals surface area contributed by atoms with Crippen LogP contribution >= 0.6 is 0 Å². The van der Waals surface area contributed by atoms with E-state index in [-0.39, 0.29) is 117 Å². The lowest BCUT2D eigenvalue weighted by atomic mass is 10.1. The van der Waals surface area contributed by atoms with E-state index in [1.54, 1.807) is 80.8 Å². The van der Waals surface area contributed by atoms with E-state index in [4.69, 9.17) is 17.2 Å². The van der Waals surface area contributed by atoms with Crippen molar-refractivity contribution in [2.24, 2.45) is 87.1 Å². The quantitative estimate of drug-likeness (QED) is 0.0577. The van der Waals surface area contributed by atoms with Crippen LogP contribution in [-0.2, 0) is 45.4 Å². The van der Waals surface area contributed by atoms with Crippen LogP contribution in [0.2, 0.25) is 0 Å². The number of hydrogen-bond donors (Lipinski definition) is 28. The third kappa shape index (κ3) is 35.2. The molecule has 0 aromatic heterocycles. The Balaban J connectivity index is 0.000000203. The Kier molecular flexibility index (Phi) is 40.7. The van der Waals surface area contributed by atoms with Gasteiger partial charge in [-0.05, 0) is 185 Å². The zero-order valence-electron chi connectivity index (χ0n) is 83.1. The summed E-state index contributed by atoms with van der Waals surface area (Å²) in [6.45, 7) is 15.3. The second-order valence-corrected chi connectivity index (χ2v) is 33.5. The predicted octanol–water partition coefficient (Wildman–Crippen LogP) is 1.72. The molecule has 50 nitrogen and oxygen atoms in total. The van der Waals surface area contributed by atoms with E-state index in [2.05, 4.69) is 128 Å². The number of benzene rings is 7. The number of likely N-dealkylation sites (N-methyl/N-ethyl adjacent to an activating group) is 1. The predicted molar refractivity (Wildman–Crippen MR) is 552 cm³/mol. The molecule has 31 N–H and O–H groups in total. The van der Waals surface area contributed by atoms with Crippen molar-refractivity contribution >= 4 is 83.4 Å². The van der Waals surface area contributed by atoms with Gasteiger partial charge in [0, 0.05) is 131 Å². The minimum atomic E-state index is -0.555. The average Bonchev–Trinajstić information content (AvgIpc) is 0.804. The number of nitrogens with one attached hydrogen (secondary N) is 11. The Labute approximate surface area is 824 Å². The van der Waals surface area contributed by atoms with Crippen molar-refractivity contribution in [1.29, 1.82) is 0 Å². The first-order valence-electron chi connectivity index (χ1n) is 44.8. The maximum Gasteiger partial charge on any atom is 0.205 e. The molecule has 7 aliphatic rings. The fourth-order valence-corrected chi connectivity index (χ4v) is 13.4. The molecular weight excluding hydrogens is 1830 g/mol. The van der Waals surface area contributed by atoms with Crippen molar-refractivity contribution in [3.63, 3.8) is 0 Å². The summed E-state index contributed by atoms with van der Waals surface area (Å²) in [5, 5.41) is 165. The molecular formula is C92H136N36O14. The van der Waals surface area contributed by atoms with Gasteiger partial charge in [0.1, 0.15) is 30.8 Å². The van der Waals surface area contributed by atoms with E-state index < -0.39 is 6.29 Å². The molecule has 0 radical (unpaired) electrons. The van der Waals surface area contributed by atoms with E-state index >= 15 is 0 Å². The van der Waals surface area contributed by atoms with Crippen LogP contribution in [-0.4, -0.2) is 349 Å². The molecule has 768 valence electrons. The monoisotopic (exact) mass is 1970 g/mol. The third-order valence-corrected chi connectivity index (χ3v) is 20.6. The summed E-state index contributed by atoms with van der Waals surface area (Å²) in [6.07, 6.45) is 0.898. The van der Waals surface area contributed by atoms with Crippen LogP contribution in [0.15, 0.2) is 197 Å². The Hall–Kier alpha value is -17.1. The summed E-state index contributed by atoms with van der Waals surface area (Å²) >= 11 is 0. The lowest BCUT2D eigenvalue weighted by Gasteiger charge is -2.35. The average molecular weight is 1970 g/mol. The fraction of sp³-hybridized carbons (Fsp3) is 0.391. The Morgan fingerprint density at radius 1 is 0.310 bits per heavy atom. The van der Waals surface area contributed by atoms with Crippen molar-refractivity contribution in [2.45, 2.75) is 130 Å². The van der Waals surface area contributed by atoms with Gasteiger partial charge >= 0.3 is 0 Å². The molecule has 1 fully saturated rings. The Morgan fingerprint density at radius 2 is 0.648 bits per heavy atom. The molecule has 7 aromatic rings. The molecule has 1 saturated heterocycles. The molecule has 7 atom stereocenters. The van der Waals surface area contributed by atoms with Crippen LogP contribution in [0.1, 0.15) is 80.5 Å². The number of hydrogen-bond acceptors (Lipinski definition) is 41. The molecule has 0 saturated carbocycles. The summed E-state index contributed by atoms with van der Waals surface area (Å²) < 4.78 is 0. The van der Waals surface area contributed by atoms with E-state index in [1.807, 2.05) is 158 Å². The first-order chi connectivity index (χ1) is 67.2. The maximum atomic E-state index is 9.60. The highest BCUT2D eigenvalue weighted by Crippen LogP contribution is 2.32. The molecule has 7 aliphatic heterocycles. The highest BCUT2D eigenvalue weighted by atomic mass is 16.3. The molecule has 142 heavy (non-hydrogen) atoms. The third-order valence-electron chi connectivity index (χ3n) is 20.6. The van der Waals surface area contributed by atoms with Gasteiger partial charge < -0.3 is 144 Å². The minimum Gasteiger partial charge on any atom is -0.504 e. The molecule has 7 unspecified atom stereocenters. The van der Waals surface area contributed by atoms with Gasteiger partial charge in [-0.1, -0.05) is 42.5 Å². The van der Waals surface area contributed by atoms with Crippen LogP contribution < -0.4 is 75.7 Å². The molecule has 0 amide bonds. The highest BCUT2D eigenvalue weighted by molar-refractivity contribution is 6.04. The van der Waals surface area contributed by atoms with Crippen molar-refractivity contribution in [2.75, 3.05) is 111 Å². The highest BCUT2D eigenvalue weighted by Gasteiger charge is 2.27. The first-order valence-corrected chi connectivity index (χ1v) is 44.8. The fourth-order valence-electron chi connectivity index (χ4n) is 13.4. The SMILES string of the molecule is CC1N=C(N(C)C)N(C)C(N(C)Cc2ccc(O)c(O)c2)=N1.CC1N=C(N(C)C)NC(=NCc2ccc(O)c(O)c2)N1.CC1N=C(N(C)C)NC(N(C)Cc2ccc(O)c(O)c2)=N1.CC1N=C(N)NC(=NCCc2ccc(O)c(O)c2)N1.CC1N=C(N)NC(N(C)CCc2ccc(O)c(O)c2)=N1.CN=C1NC(=NCCc2ccc(O)c(O)c2)NC(C)N1.CN=C1NC(N(C)Cc2ccc(O)c(O)c2)=NC(N)N1. The largest absolute Gasteiger partial charge is 0.504 e. The smallest absolute Gasteiger partial charge is 0.205 e. The minimum absolute atomic E-state index is 0.0550. The zero-order chi connectivity index (χ0) is 104. The second-order valence-electron chi connectivity index (χ2n) is 33.5. The number of nitrogens with two attached hydrogens (primary N) is 3. The summed E-state index contributed by atoms with van der Waals surface area (Å²) in [5.41, 5.74) is 23.1. The normalized spacial score (nSPS) is 19.4. The Morgan fingerprint density at radius 3 is 1.08 bits per heavy atom. The number of aromatic hydroxyl groups is 14. The van der Waals surface area contributed by atoms with Gasteiger partial charge in [-0.15, -0.1) is 0 Å². The zero-order valence-corrected chi connectivity index (χ0v) is 83.1. The van der Waals surface area contributed by atoms with Gasteiger partial charge in [-0.3, -0.25) is 62.5 Å². The lowest BCUT2D eigenvalue weighted by Crippen LogP contribution is -2.61. The number of phenolic OH excluding ortho intramolecular Hbond substituents is 14. The van der Waals surface area contributed by atoms with Gasteiger partial charge in [-0.25, -0.2) is 49.9 Å². The number of rotatable bonds is 17. The topological polar surface area (TPSA) is 693 Å². The van der Waals surface area contributed by atoms with Crippen molar-refractivity contribution in [1.82, 2.24) is 97.7 Å². The molecule has 50 heteroatoms. The van der Waals surface area contributed by atoms with Gasteiger partial charge in [0.05, 0.1) is 12.7 Å². The summed E-state index contributed by atoms with van der Waals surface area (Å²) in [5.74, 6) is 7.18. The van der Waals surface area contributed by atoms with E-state index in [9.17, 15) is 71.5 Å². The van der Waals surface area contributed by atoms with Crippen LogP contribution in [0, 0.1) is 0 Å². The molecule has 14 rings (SSSR count). The van der Waals surface area contributed by atoms with Crippen molar-refractivity contribution in [3.8, 4) is 80.5 Å². The van der Waals surface area contributed by atoms with Crippen molar-refractivity contribution in [3.05, 3.63) is 166 Å². The first kappa shape index (κ1) is 110. The molecule has 0 spiro atoms. The maximum absolute atomic E-state index is 9.60. The van der Waals surface area contributed by atoms with Gasteiger partial charge in [0.2, 0.25) is 47.7 Å². The van der Waals surface area contributed by atoms with Crippen LogP contribution in [0.3, 0.4) is 0 Å². The molecule has 0 bridgehead atoms. The second kappa shape index (κ2) is 52.4. The summed E-state index contributed by atoms with van der Waals surface area (Å²) in [7, 11) is 24.4. The van der Waals surface area contributed by atoms with Crippen LogP contribution in [0.25, 0.3) is 0 Å². The molecule has 7 heterocycles. The number of guanidine groups is 14. The van der Waals surface area contributed by atoms with Gasteiger partial charge in [-0.2, -0.15) is 0 Å². The van der Waals surface area contributed by atoms with Gasteiger partial charge in [0.15, 0.2) is 123 Å². The van der Waals surface area contributed by atoms with Crippen LogP contribution in [0.5, 0.6) is 80.5 Å². The Bertz CT molecular complexity index is 5900. The number of aliphatic imine (C=N–C) groups is 14. The lowest BCUT2D eigenvalue weighted by molar-refractivity contribution is 0.394. The molecule has 7 aromatic carbocycles. The van der Waals surface area contributed by atoms with E-state index in [0.29, 0.717) is 125 Å². The van der Waals surface area contributed by atoms with E-state index in [1.165, 1.54) is 60.7 Å². The summed E-state index contributed by atoms with van der Waals surface area (Å²) in [4.78, 5) is 75.5. The van der Waals surface area contributed by atoms with Crippen molar-refractivity contribution < 1.29 is 71.5 Å². The van der Waals surface area contributed by atoms with Gasteiger partial charge in [0.25, 0.3) is 0 Å². The summed E-state index contributed by atoms with van der Waals surface area (Å²) in [6, 6.07) is 33.2. The number of phenols is 14. The number of nitrogens with zero attached hydrogens (tertiary/aromatic N) is 22. The standard InChI is InChI=1S/C15H23N5O2.C14H21N5O2.3C13H19N5O2.C12H18N6O2.C12H17N5O2/c1-10-16-14(18(2)3)20(5)15(17-10)19(4)9-11-6-7-12(21)13(22)8-11;1-9-15-13(18(2)3)17-14(16-9)19(4)8-10-5-6-11(20)12(21)7-10;1-8-15-12(17-13(16-8)18(2)3)14-7-9-4-5-10(19)11(20)6-9;1-8-15-12(14)17-13(16-8)18(2)6-5-9-3-4-10(19)11(20)7-9;1-8-16-12(14-2)18-13(17-8)15-6-5-9-3-4-10(19)11(20)7-9;1-14-11-15-10(13)16-12(17-11)18(2)6-7-3-4-8(19)9(20)5-7;1-7-15-11(13)17-12(16-7)14-5-4-8-2-3-9(18)10(19)6-8/h6-8,10,21-22H,9H2,1-5H3;5-7,9,20-21H,8H2,1-4H3,(H,15,16,17);4-6,8,19-20H,7H2,1-3H3,(H2,14,15,16,17);3-4,7-8,19-20H,5-6H2,1-2H3,(H3,14,15,16,17);3-4,7-8,19-20H,5-6H2,1-2H3,(H3,14,15,16,17,18);3-5,10,19-20H,6,13H2,1-2H3,(H2,14,15,16,17);2-3,6-7,18-19H,4-5H2,1H3,(H4,13,14,15,16,17). The van der Waals surface area contributed by atoms with Crippen LogP contribution in [0.4, 0.5) is 0 Å².